The Morgan fingerprint density at radius 3 is 2.43 bits per heavy atom. The Hall–Kier alpha value is -1.92. The highest BCUT2D eigenvalue weighted by molar-refractivity contribution is 7.92. The van der Waals surface area contributed by atoms with Crippen LogP contribution in [-0.2, 0) is 16.6 Å². The number of sulfonamides is 1. The molecular weight excluding hydrogens is 291 g/mol. The Kier molecular flexibility index (Phi) is 4.59. The van der Waals surface area contributed by atoms with Crippen molar-refractivity contribution in [1.82, 2.24) is 5.32 Å². The maximum absolute atomic E-state index is 12.9. The lowest BCUT2D eigenvalue weighted by molar-refractivity contribution is 0.593. The van der Waals surface area contributed by atoms with E-state index in [0.29, 0.717) is 12.2 Å². The van der Waals surface area contributed by atoms with Gasteiger partial charge in [0.2, 0.25) is 0 Å². The standard InChI is InChI=1S/C15H17FN2O2S/c1-17-11-12-4-3-5-15(10-12)21(19,20)18(2)14-8-6-13(16)7-9-14/h3-10,17H,11H2,1-2H3. The fourth-order valence-corrected chi connectivity index (χ4v) is 3.23. The molecule has 4 nitrogen and oxygen atoms in total. The second-order valence-corrected chi connectivity index (χ2v) is 6.60. The van der Waals surface area contributed by atoms with Crippen LogP contribution in [0.1, 0.15) is 5.56 Å². The van der Waals surface area contributed by atoms with Gasteiger partial charge in [-0.1, -0.05) is 12.1 Å². The molecule has 6 heteroatoms. The summed E-state index contributed by atoms with van der Waals surface area (Å²) >= 11 is 0. The van der Waals surface area contributed by atoms with Crippen molar-refractivity contribution in [2.24, 2.45) is 0 Å². The molecule has 0 saturated carbocycles. The maximum Gasteiger partial charge on any atom is 0.264 e. The number of rotatable bonds is 5. The highest BCUT2D eigenvalue weighted by Gasteiger charge is 2.21. The average Bonchev–Trinajstić information content (AvgIpc) is 2.48. The van der Waals surface area contributed by atoms with E-state index in [9.17, 15) is 12.8 Å². The number of halogens is 1. The summed E-state index contributed by atoms with van der Waals surface area (Å²) in [4.78, 5) is 0.210. The SMILES string of the molecule is CNCc1cccc(S(=O)(=O)N(C)c2ccc(F)cc2)c1. The number of anilines is 1. The zero-order valence-corrected chi connectivity index (χ0v) is 12.7. The van der Waals surface area contributed by atoms with E-state index in [1.165, 1.54) is 31.3 Å². The quantitative estimate of drug-likeness (QED) is 0.922. The lowest BCUT2D eigenvalue weighted by Gasteiger charge is -2.20. The first kappa shape index (κ1) is 15.5. The molecule has 0 heterocycles. The second kappa shape index (κ2) is 6.24. The largest absolute Gasteiger partial charge is 0.316 e. The molecule has 0 aromatic heterocycles. The molecule has 0 saturated heterocycles. The van der Waals surface area contributed by atoms with Gasteiger partial charge in [-0.25, -0.2) is 12.8 Å². The van der Waals surface area contributed by atoms with E-state index in [1.54, 1.807) is 25.2 Å². The van der Waals surface area contributed by atoms with Crippen LogP contribution in [0.25, 0.3) is 0 Å². The van der Waals surface area contributed by atoms with Crippen LogP contribution in [-0.4, -0.2) is 22.5 Å². The molecule has 1 N–H and O–H groups in total. The van der Waals surface area contributed by atoms with Gasteiger partial charge in [0.05, 0.1) is 10.6 Å². The Balaban J connectivity index is 2.36. The molecule has 2 aromatic rings. The van der Waals surface area contributed by atoms with Gasteiger partial charge in [0, 0.05) is 13.6 Å². The fourth-order valence-electron chi connectivity index (χ4n) is 1.97. The fraction of sp³-hybridized carbons (Fsp3) is 0.200. The molecule has 0 aliphatic heterocycles. The number of hydrogen-bond acceptors (Lipinski definition) is 3. The minimum Gasteiger partial charge on any atom is -0.316 e. The number of nitrogens with one attached hydrogen (secondary N) is 1. The molecule has 0 unspecified atom stereocenters. The third-order valence-corrected chi connectivity index (χ3v) is 4.91. The normalized spacial score (nSPS) is 11.4. The molecule has 2 rings (SSSR count). The van der Waals surface area contributed by atoms with Gasteiger partial charge in [-0.15, -0.1) is 0 Å². The molecule has 0 aliphatic carbocycles. The third kappa shape index (κ3) is 3.40. The predicted molar refractivity (Wildman–Crippen MR) is 81.2 cm³/mol. The summed E-state index contributed by atoms with van der Waals surface area (Å²) in [6.07, 6.45) is 0. The molecule has 112 valence electrons. The third-order valence-electron chi connectivity index (χ3n) is 3.13. The first-order valence-corrected chi connectivity index (χ1v) is 7.87. The number of benzene rings is 2. The Morgan fingerprint density at radius 2 is 1.81 bits per heavy atom. The lowest BCUT2D eigenvalue weighted by atomic mass is 10.2. The highest BCUT2D eigenvalue weighted by atomic mass is 32.2. The van der Waals surface area contributed by atoms with Gasteiger partial charge in [0.1, 0.15) is 5.82 Å². The van der Waals surface area contributed by atoms with E-state index in [4.69, 9.17) is 0 Å². The van der Waals surface area contributed by atoms with Crippen molar-refractivity contribution in [3.8, 4) is 0 Å². The first-order chi connectivity index (χ1) is 9.95. The molecule has 0 radical (unpaired) electrons. The molecule has 0 aliphatic rings. The molecule has 21 heavy (non-hydrogen) atoms. The van der Waals surface area contributed by atoms with Crippen LogP contribution in [0, 0.1) is 5.82 Å². The van der Waals surface area contributed by atoms with E-state index in [1.807, 2.05) is 6.07 Å². The second-order valence-electron chi connectivity index (χ2n) is 4.63. The molecule has 0 amide bonds. The zero-order chi connectivity index (χ0) is 15.5. The maximum atomic E-state index is 12.9. The van der Waals surface area contributed by atoms with Gasteiger partial charge >= 0.3 is 0 Å². The Bertz CT molecular complexity index is 715. The van der Waals surface area contributed by atoms with Crippen LogP contribution < -0.4 is 9.62 Å². The Morgan fingerprint density at radius 1 is 1.14 bits per heavy atom. The average molecular weight is 308 g/mol. The summed E-state index contributed by atoms with van der Waals surface area (Å²) in [6, 6.07) is 12.1. The van der Waals surface area contributed by atoms with Gasteiger partial charge < -0.3 is 5.32 Å². The van der Waals surface area contributed by atoms with E-state index in [-0.39, 0.29) is 4.90 Å². The first-order valence-electron chi connectivity index (χ1n) is 6.43. The van der Waals surface area contributed by atoms with Gasteiger partial charge in [-0.2, -0.15) is 0 Å². The van der Waals surface area contributed by atoms with E-state index < -0.39 is 15.8 Å². The summed E-state index contributed by atoms with van der Waals surface area (Å²) < 4.78 is 39.2. The van der Waals surface area contributed by atoms with Gasteiger partial charge in [-0.05, 0) is 49.0 Å². The summed E-state index contributed by atoms with van der Waals surface area (Å²) in [6.45, 7) is 0.587. The summed E-state index contributed by atoms with van der Waals surface area (Å²) in [5.41, 5.74) is 1.29. The molecule has 0 spiro atoms. The topological polar surface area (TPSA) is 49.4 Å². The lowest BCUT2D eigenvalue weighted by Crippen LogP contribution is -2.26. The minimum atomic E-state index is -3.66. The van der Waals surface area contributed by atoms with Crippen LogP contribution in [0.4, 0.5) is 10.1 Å². The molecule has 0 atom stereocenters. The highest BCUT2D eigenvalue weighted by Crippen LogP contribution is 2.22. The number of nitrogens with zero attached hydrogens (tertiary/aromatic N) is 1. The summed E-state index contributed by atoms with van der Waals surface area (Å²) in [5.74, 6) is -0.402. The van der Waals surface area contributed by atoms with Crippen LogP contribution in [0.15, 0.2) is 53.4 Å². The van der Waals surface area contributed by atoms with Crippen LogP contribution in [0.2, 0.25) is 0 Å². The van der Waals surface area contributed by atoms with Crippen LogP contribution in [0.3, 0.4) is 0 Å². The van der Waals surface area contributed by atoms with Crippen LogP contribution >= 0.6 is 0 Å². The van der Waals surface area contributed by atoms with Crippen molar-refractivity contribution in [2.45, 2.75) is 11.4 Å². The van der Waals surface area contributed by atoms with E-state index in [2.05, 4.69) is 5.32 Å². The summed E-state index contributed by atoms with van der Waals surface area (Å²) in [5, 5.41) is 2.98. The predicted octanol–water partition coefficient (Wildman–Crippen LogP) is 2.37. The van der Waals surface area contributed by atoms with Crippen molar-refractivity contribution in [1.29, 1.82) is 0 Å². The molecule has 0 fully saturated rings. The molecule has 2 aromatic carbocycles. The van der Waals surface area contributed by atoms with Gasteiger partial charge in [-0.3, -0.25) is 4.31 Å². The van der Waals surface area contributed by atoms with Gasteiger partial charge in [0.15, 0.2) is 0 Å². The van der Waals surface area contributed by atoms with Crippen LogP contribution in [0.5, 0.6) is 0 Å². The Labute approximate surface area is 124 Å². The van der Waals surface area contributed by atoms with Crippen molar-refractivity contribution in [3.05, 3.63) is 59.9 Å². The van der Waals surface area contributed by atoms with Crippen molar-refractivity contribution < 1.29 is 12.8 Å². The number of hydrogen-bond donors (Lipinski definition) is 1. The minimum absolute atomic E-state index is 0.210. The van der Waals surface area contributed by atoms with E-state index in [0.717, 1.165) is 9.87 Å². The smallest absolute Gasteiger partial charge is 0.264 e. The molecular formula is C15H17FN2O2S. The van der Waals surface area contributed by atoms with E-state index >= 15 is 0 Å². The van der Waals surface area contributed by atoms with Crippen molar-refractivity contribution in [3.63, 3.8) is 0 Å². The molecule has 0 bridgehead atoms. The monoisotopic (exact) mass is 308 g/mol. The van der Waals surface area contributed by atoms with Crippen molar-refractivity contribution >= 4 is 15.7 Å². The summed E-state index contributed by atoms with van der Waals surface area (Å²) in [7, 11) is -0.413. The van der Waals surface area contributed by atoms with Gasteiger partial charge in [0.25, 0.3) is 10.0 Å². The zero-order valence-electron chi connectivity index (χ0n) is 11.9. The van der Waals surface area contributed by atoms with Crippen molar-refractivity contribution in [2.75, 3.05) is 18.4 Å².